The first kappa shape index (κ1) is 20.2. The number of hydrogen-bond acceptors (Lipinski definition) is 6. The second-order valence-electron chi connectivity index (χ2n) is 6.56. The zero-order valence-corrected chi connectivity index (χ0v) is 15.9. The van der Waals surface area contributed by atoms with Crippen LogP contribution in [0, 0.1) is 34.0 Å². The van der Waals surface area contributed by atoms with Crippen LogP contribution in [0.2, 0.25) is 0 Å². The Bertz CT molecular complexity index is 922. The predicted molar refractivity (Wildman–Crippen MR) is 101 cm³/mol. The normalized spacial score (nSPS) is 18.1. The van der Waals surface area contributed by atoms with Crippen LogP contribution in [0.25, 0.3) is 0 Å². The molecular formula is C19H18N4O3S. The number of anilines is 1. The largest absolute Gasteiger partial charge is 0.325 e. The molecule has 0 radical (unpaired) electrons. The number of allylic oxidation sites excluding steroid dienone is 1. The first-order chi connectivity index (χ1) is 12.7. The minimum Gasteiger partial charge on any atom is -0.325 e. The molecule has 2 rings (SSSR count). The molecule has 0 saturated carbocycles. The highest BCUT2D eigenvalue weighted by atomic mass is 32.2. The molecule has 0 aliphatic carbocycles. The van der Waals surface area contributed by atoms with E-state index in [1.165, 1.54) is 6.92 Å². The monoisotopic (exact) mass is 382 g/mol. The molecule has 8 heteroatoms. The van der Waals surface area contributed by atoms with E-state index < -0.39 is 17.2 Å². The first-order valence-corrected chi connectivity index (χ1v) is 9.08. The Morgan fingerprint density at radius 2 is 2.04 bits per heavy atom. The lowest BCUT2D eigenvalue weighted by atomic mass is 9.72. The van der Waals surface area contributed by atoms with Gasteiger partial charge in [0.25, 0.3) is 0 Å². The molecule has 0 fully saturated rings. The van der Waals surface area contributed by atoms with E-state index in [0.29, 0.717) is 11.3 Å². The van der Waals surface area contributed by atoms with Gasteiger partial charge in [0, 0.05) is 16.7 Å². The van der Waals surface area contributed by atoms with Crippen molar-refractivity contribution >= 4 is 35.0 Å². The van der Waals surface area contributed by atoms with Gasteiger partial charge in [-0.2, -0.15) is 10.5 Å². The van der Waals surface area contributed by atoms with Crippen LogP contribution >= 0.6 is 11.8 Å². The fourth-order valence-electron chi connectivity index (χ4n) is 2.69. The van der Waals surface area contributed by atoms with Gasteiger partial charge in [0.1, 0.15) is 5.92 Å². The first-order valence-electron chi connectivity index (χ1n) is 8.09. The number of hydrogen-bond donors (Lipinski definition) is 2. The quantitative estimate of drug-likeness (QED) is 0.755. The maximum absolute atomic E-state index is 12.2. The van der Waals surface area contributed by atoms with E-state index in [0.717, 1.165) is 11.8 Å². The average molecular weight is 382 g/mol. The van der Waals surface area contributed by atoms with Crippen molar-refractivity contribution in [3.8, 4) is 12.1 Å². The fourth-order valence-corrected chi connectivity index (χ4v) is 3.66. The summed E-state index contributed by atoms with van der Waals surface area (Å²) >= 11 is 1.02. The van der Waals surface area contributed by atoms with Crippen LogP contribution in [0.5, 0.6) is 0 Å². The highest BCUT2D eigenvalue weighted by molar-refractivity contribution is 8.03. The summed E-state index contributed by atoms with van der Waals surface area (Å²) in [6, 6.07) is 10.5. The lowest BCUT2D eigenvalue weighted by molar-refractivity contribution is -0.125. The summed E-state index contributed by atoms with van der Waals surface area (Å²) in [7, 11) is 0. The van der Waals surface area contributed by atoms with Crippen LogP contribution in [0.1, 0.15) is 31.1 Å². The molecule has 0 saturated heterocycles. The molecule has 0 bridgehead atoms. The zero-order valence-electron chi connectivity index (χ0n) is 15.1. The number of ketones is 1. The Hall–Kier alpha value is -3.10. The van der Waals surface area contributed by atoms with Crippen LogP contribution < -0.4 is 10.6 Å². The predicted octanol–water partition coefficient (Wildman–Crippen LogP) is 2.59. The van der Waals surface area contributed by atoms with Gasteiger partial charge in [-0.05, 0) is 19.1 Å². The van der Waals surface area contributed by atoms with Gasteiger partial charge in [-0.1, -0.05) is 37.7 Å². The number of benzene rings is 1. The van der Waals surface area contributed by atoms with Gasteiger partial charge < -0.3 is 10.6 Å². The molecule has 1 aromatic carbocycles. The molecule has 1 heterocycles. The molecule has 1 atom stereocenters. The minimum absolute atomic E-state index is 0.0433. The number of Topliss-reactive ketones (excluding diaryl/α,β-unsaturated/α-hetero) is 1. The van der Waals surface area contributed by atoms with Crippen molar-refractivity contribution in [2.24, 2.45) is 11.3 Å². The third-order valence-electron chi connectivity index (χ3n) is 4.23. The molecular weight excluding hydrogens is 364 g/mol. The van der Waals surface area contributed by atoms with Gasteiger partial charge in [0.15, 0.2) is 5.78 Å². The minimum atomic E-state index is -0.973. The average Bonchev–Trinajstić information content (AvgIpc) is 2.59. The summed E-state index contributed by atoms with van der Waals surface area (Å²) in [6.45, 7) is 4.76. The zero-order chi connectivity index (χ0) is 20.2. The number of nitriles is 2. The van der Waals surface area contributed by atoms with Crippen LogP contribution in [0.15, 0.2) is 34.9 Å². The molecule has 27 heavy (non-hydrogen) atoms. The summed E-state index contributed by atoms with van der Waals surface area (Å²) in [5.74, 6) is -1.96. The van der Waals surface area contributed by atoms with Crippen molar-refractivity contribution in [2.45, 2.75) is 20.8 Å². The number of rotatable bonds is 5. The van der Waals surface area contributed by atoms with E-state index >= 15 is 0 Å². The van der Waals surface area contributed by atoms with E-state index in [1.54, 1.807) is 38.1 Å². The summed E-state index contributed by atoms with van der Waals surface area (Å²) in [4.78, 5) is 35.7. The Labute approximate surface area is 161 Å². The second kappa shape index (κ2) is 8.07. The Kier molecular flexibility index (Phi) is 6.04. The molecule has 2 amide bonds. The highest BCUT2D eigenvalue weighted by Gasteiger charge is 2.44. The lowest BCUT2D eigenvalue weighted by Gasteiger charge is -2.34. The molecule has 7 nitrogen and oxygen atoms in total. The number of carbonyl (C=O) groups is 3. The molecule has 0 unspecified atom stereocenters. The molecule has 1 aliphatic rings. The Morgan fingerprint density at radius 1 is 1.33 bits per heavy atom. The Morgan fingerprint density at radius 3 is 2.63 bits per heavy atom. The van der Waals surface area contributed by atoms with Crippen molar-refractivity contribution in [2.75, 3.05) is 11.1 Å². The maximum Gasteiger partial charge on any atom is 0.243 e. The SMILES string of the molecule is CC(=O)c1cccc(NC(=O)CSC2=C(C#N)C(C)(C)[C@@H](C#N)C(=O)N2)c1. The molecule has 0 spiro atoms. The van der Waals surface area contributed by atoms with Crippen molar-refractivity contribution in [1.29, 1.82) is 10.5 Å². The smallest absolute Gasteiger partial charge is 0.243 e. The maximum atomic E-state index is 12.2. The number of nitrogens with one attached hydrogen (secondary N) is 2. The van der Waals surface area contributed by atoms with Gasteiger partial charge in [-0.3, -0.25) is 14.4 Å². The molecule has 1 aliphatic heterocycles. The summed E-state index contributed by atoms with van der Waals surface area (Å²) in [5, 5.41) is 24.2. The number of carbonyl (C=O) groups excluding carboxylic acids is 3. The molecule has 1 aromatic rings. The standard InChI is InChI=1S/C19H18N4O3S/c1-11(24)12-5-4-6-13(7-12)22-16(25)10-27-18-15(9-21)19(2,3)14(8-20)17(26)23-18/h4-7,14H,10H2,1-3H3,(H,22,25)(H,23,26)/t14-/m0/s1. The van der Waals surface area contributed by atoms with Crippen molar-refractivity contribution in [3.63, 3.8) is 0 Å². The lowest BCUT2D eigenvalue weighted by Crippen LogP contribution is -2.44. The third-order valence-corrected chi connectivity index (χ3v) is 5.23. The van der Waals surface area contributed by atoms with Crippen LogP contribution in [-0.4, -0.2) is 23.4 Å². The topological polar surface area (TPSA) is 123 Å². The van der Waals surface area contributed by atoms with E-state index in [2.05, 4.69) is 10.6 Å². The van der Waals surface area contributed by atoms with E-state index in [4.69, 9.17) is 0 Å². The van der Waals surface area contributed by atoms with Gasteiger partial charge in [-0.25, -0.2) is 0 Å². The van der Waals surface area contributed by atoms with Crippen molar-refractivity contribution < 1.29 is 14.4 Å². The van der Waals surface area contributed by atoms with Gasteiger partial charge in [0.2, 0.25) is 11.8 Å². The number of thioether (sulfide) groups is 1. The second-order valence-corrected chi connectivity index (χ2v) is 7.55. The van der Waals surface area contributed by atoms with Crippen molar-refractivity contribution in [3.05, 3.63) is 40.4 Å². The summed E-state index contributed by atoms with van der Waals surface area (Å²) in [6.07, 6.45) is 0. The van der Waals surface area contributed by atoms with Crippen LogP contribution in [0.3, 0.4) is 0 Å². The molecule has 0 aromatic heterocycles. The van der Waals surface area contributed by atoms with Gasteiger partial charge >= 0.3 is 0 Å². The van der Waals surface area contributed by atoms with E-state index in [9.17, 15) is 24.9 Å². The summed E-state index contributed by atoms with van der Waals surface area (Å²) < 4.78 is 0. The fraction of sp³-hybridized carbons (Fsp3) is 0.316. The molecule has 2 N–H and O–H groups in total. The summed E-state index contributed by atoms with van der Waals surface area (Å²) in [5.41, 5.74) is 0.296. The van der Waals surface area contributed by atoms with Gasteiger partial charge in [-0.15, -0.1) is 0 Å². The van der Waals surface area contributed by atoms with Gasteiger partial charge in [0.05, 0.1) is 28.5 Å². The molecule has 138 valence electrons. The number of amides is 2. The highest BCUT2D eigenvalue weighted by Crippen LogP contribution is 2.41. The number of nitrogens with zero attached hydrogens (tertiary/aromatic N) is 2. The van der Waals surface area contributed by atoms with Crippen molar-refractivity contribution in [1.82, 2.24) is 5.32 Å². The van der Waals surface area contributed by atoms with Crippen LogP contribution in [-0.2, 0) is 9.59 Å². The van der Waals surface area contributed by atoms with E-state index in [1.807, 2.05) is 12.1 Å². The van der Waals surface area contributed by atoms with Crippen LogP contribution in [0.4, 0.5) is 5.69 Å². The Balaban J connectivity index is 2.12. The van der Waals surface area contributed by atoms with E-state index in [-0.39, 0.29) is 28.0 Å². The third kappa shape index (κ3) is 4.36.